The van der Waals surface area contributed by atoms with Gasteiger partial charge < -0.3 is 9.88 Å². The number of rotatable bonds is 4. The molecule has 18 heavy (non-hydrogen) atoms. The highest BCUT2D eigenvalue weighted by atomic mass is 35.5. The second-order valence-corrected chi connectivity index (χ2v) is 3.95. The zero-order valence-electron chi connectivity index (χ0n) is 9.76. The third-order valence-corrected chi connectivity index (χ3v) is 2.58. The molecular weight excluding hydrogens is 252 g/mol. The number of aromatic nitrogens is 4. The van der Waals surface area contributed by atoms with Crippen LogP contribution in [0.1, 0.15) is 18.3 Å². The van der Waals surface area contributed by atoms with Gasteiger partial charge in [-0.05, 0) is 19.1 Å². The van der Waals surface area contributed by atoms with E-state index in [1.54, 1.807) is 12.4 Å². The Morgan fingerprint density at radius 2 is 2.33 bits per heavy atom. The second-order valence-electron chi connectivity index (χ2n) is 3.56. The first-order chi connectivity index (χ1) is 8.72. The molecular formula is C11H11ClN6. The van der Waals surface area contributed by atoms with Crippen LogP contribution in [0.25, 0.3) is 0 Å². The maximum absolute atomic E-state index is 8.83. The van der Waals surface area contributed by atoms with Gasteiger partial charge in [-0.3, -0.25) is 0 Å². The number of nitrogens with one attached hydrogen (secondary N) is 1. The van der Waals surface area contributed by atoms with Crippen molar-refractivity contribution in [2.75, 3.05) is 5.32 Å². The molecule has 0 saturated heterocycles. The summed E-state index contributed by atoms with van der Waals surface area (Å²) < 4.78 is 1.92. The largest absolute Gasteiger partial charge is 0.363 e. The molecule has 7 heteroatoms. The molecule has 2 aromatic rings. The molecule has 2 heterocycles. The normalized spacial score (nSPS) is 10.1. The fourth-order valence-electron chi connectivity index (χ4n) is 1.50. The summed E-state index contributed by atoms with van der Waals surface area (Å²) in [5.41, 5.74) is 0.467. The molecule has 92 valence electrons. The first kappa shape index (κ1) is 12.3. The Morgan fingerprint density at radius 1 is 1.50 bits per heavy atom. The summed E-state index contributed by atoms with van der Waals surface area (Å²) in [5.74, 6) is 1.35. The summed E-state index contributed by atoms with van der Waals surface area (Å²) in [6, 6.07) is 5.18. The van der Waals surface area contributed by atoms with E-state index in [2.05, 4.69) is 20.5 Å². The summed E-state index contributed by atoms with van der Waals surface area (Å²) in [4.78, 5) is 4.08. The SMILES string of the molecule is CCn1cnnc1CNc1cc(C#N)cc(Cl)n1. The van der Waals surface area contributed by atoms with E-state index in [-0.39, 0.29) is 5.15 Å². The number of hydrogen-bond donors (Lipinski definition) is 1. The van der Waals surface area contributed by atoms with E-state index in [0.29, 0.717) is 17.9 Å². The third-order valence-electron chi connectivity index (χ3n) is 2.39. The van der Waals surface area contributed by atoms with E-state index >= 15 is 0 Å². The van der Waals surface area contributed by atoms with Gasteiger partial charge in [0, 0.05) is 6.54 Å². The maximum atomic E-state index is 8.83. The molecule has 0 saturated carbocycles. The molecule has 0 aliphatic carbocycles. The molecule has 0 spiro atoms. The summed E-state index contributed by atoms with van der Waals surface area (Å²) in [6.45, 7) is 3.29. The van der Waals surface area contributed by atoms with Crippen LogP contribution < -0.4 is 5.32 Å². The molecule has 1 N–H and O–H groups in total. The fraction of sp³-hybridized carbons (Fsp3) is 0.273. The molecule has 0 radical (unpaired) electrons. The first-order valence-electron chi connectivity index (χ1n) is 5.41. The Morgan fingerprint density at radius 3 is 3.06 bits per heavy atom. The van der Waals surface area contributed by atoms with Crippen molar-refractivity contribution >= 4 is 17.4 Å². The van der Waals surface area contributed by atoms with Crippen molar-refractivity contribution in [1.29, 1.82) is 5.26 Å². The summed E-state index contributed by atoms with van der Waals surface area (Å²) in [5, 5.41) is 20.0. The van der Waals surface area contributed by atoms with Crippen LogP contribution in [0.2, 0.25) is 5.15 Å². The van der Waals surface area contributed by atoms with Crippen molar-refractivity contribution in [2.45, 2.75) is 20.0 Å². The standard InChI is InChI=1S/C11H11ClN6/c1-2-18-7-15-17-11(18)6-14-10-4-8(5-13)3-9(12)16-10/h3-4,7H,2,6H2,1H3,(H,14,16). The van der Waals surface area contributed by atoms with Crippen LogP contribution in [-0.2, 0) is 13.1 Å². The Bertz CT molecular complexity index is 585. The lowest BCUT2D eigenvalue weighted by Crippen LogP contribution is -2.08. The minimum Gasteiger partial charge on any atom is -0.363 e. The monoisotopic (exact) mass is 262 g/mol. The number of anilines is 1. The summed E-state index contributed by atoms with van der Waals surface area (Å²) in [6.07, 6.45) is 1.67. The van der Waals surface area contributed by atoms with Crippen molar-refractivity contribution in [3.8, 4) is 6.07 Å². The third kappa shape index (κ3) is 2.76. The first-order valence-corrected chi connectivity index (χ1v) is 5.79. The van der Waals surface area contributed by atoms with E-state index in [1.807, 2.05) is 17.6 Å². The lowest BCUT2D eigenvalue weighted by Gasteiger charge is -2.06. The van der Waals surface area contributed by atoms with Crippen LogP contribution >= 0.6 is 11.6 Å². The number of aryl methyl sites for hydroxylation is 1. The Hall–Kier alpha value is -2.13. The molecule has 0 bridgehead atoms. The number of halogens is 1. The van der Waals surface area contributed by atoms with Gasteiger partial charge in [-0.1, -0.05) is 11.6 Å². The molecule has 0 aliphatic rings. The zero-order chi connectivity index (χ0) is 13.0. The van der Waals surface area contributed by atoms with Crippen LogP contribution in [0.5, 0.6) is 0 Å². The smallest absolute Gasteiger partial charge is 0.152 e. The Balaban J connectivity index is 2.11. The van der Waals surface area contributed by atoms with Crippen molar-refractivity contribution in [1.82, 2.24) is 19.7 Å². The van der Waals surface area contributed by atoms with Gasteiger partial charge in [-0.25, -0.2) is 4.98 Å². The minimum absolute atomic E-state index is 0.286. The molecule has 0 amide bonds. The van der Waals surface area contributed by atoms with Gasteiger partial charge >= 0.3 is 0 Å². The van der Waals surface area contributed by atoms with E-state index in [4.69, 9.17) is 16.9 Å². The molecule has 0 unspecified atom stereocenters. The molecule has 2 rings (SSSR count). The second kappa shape index (κ2) is 5.47. The van der Waals surface area contributed by atoms with Gasteiger partial charge in [0.2, 0.25) is 0 Å². The molecule has 2 aromatic heterocycles. The van der Waals surface area contributed by atoms with Crippen molar-refractivity contribution in [2.24, 2.45) is 0 Å². The van der Waals surface area contributed by atoms with Crippen molar-refractivity contribution < 1.29 is 0 Å². The van der Waals surface area contributed by atoms with Gasteiger partial charge in [-0.15, -0.1) is 10.2 Å². The molecule has 0 aromatic carbocycles. The van der Waals surface area contributed by atoms with Crippen LogP contribution in [0.15, 0.2) is 18.5 Å². The average molecular weight is 263 g/mol. The van der Waals surface area contributed by atoms with Crippen LogP contribution in [0.4, 0.5) is 5.82 Å². The zero-order valence-corrected chi connectivity index (χ0v) is 10.5. The van der Waals surface area contributed by atoms with E-state index in [0.717, 1.165) is 12.4 Å². The van der Waals surface area contributed by atoms with Gasteiger partial charge in [0.15, 0.2) is 5.82 Å². The molecule has 0 aliphatic heterocycles. The highest BCUT2D eigenvalue weighted by Crippen LogP contribution is 2.14. The van der Waals surface area contributed by atoms with Gasteiger partial charge in [0.25, 0.3) is 0 Å². The fourth-order valence-corrected chi connectivity index (χ4v) is 1.71. The van der Waals surface area contributed by atoms with Gasteiger partial charge in [-0.2, -0.15) is 5.26 Å². The highest BCUT2D eigenvalue weighted by Gasteiger charge is 2.04. The lowest BCUT2D eigenvalue weighted by atomic mass is 10.3. The van der Waals surface area contributed by atoms with Gasteiger partial charge in [0.1, 0.15) is 17.3 Å². The van der Waals surface area contributed by atoms with E-state index in [1.165, 1.54) is 6.07 Å². The average Bonchev–Trinajstić information content (AvgIpc) is 2.83. The van der Waals surface area contributed by atoms with Gasteiger partial charge in [0.05, 0.1) is 18.2 Å². The quantitative estimate of drug-likeness (QED) is 0.851. The van der Waals surface area contributed by atoms with E-state index < -0.39 is 0 Å². The maximum Gasteiger partial charge on any atom is 0.152 e. The summed E-state index contributed by atoms with van der Waals surface area (Å²) in [7, 11) is 0. The lowest BCUT2D eigenvalue weighted by molar-refractivity contribution is 0.707. The van der Waals surface area contributed by atoms with Crippen molar-refractivity contribution in [3.05, 3.63) is 35.0 Å². The predicted octanol–water partition coefficient (Wildman–Crippen LogP) is 1.83. The number of hydrogen-bond acceptors (Lipinski definition) is 5. The number of nitrogens with zero attached hydrogens (tertiary/aromatic N) is 5. The molecule has 6 nitrogen and oxygen atoms in total. The van der Waals surface area contributed by atoms with Crippen LogP contribution in [0.3, 0.4) is 0 Å². The Labute approximate surface area is 109 Å². The molecule has 0 fully saturated rings. The van der Waals surface area contributed by atoms with E-state index in [9.17, 15) is 0 Å². The minimum atomic E-state index is 0.286. The highest BCUT2D eigenvalue weighted by molar-refractivity contribution is 6.29. The topological polar surface area (TPSA) is 79.4 Å². The predicted molar refractivity (Wildman–Crippen MR) is 67.0 cm³/mol. The number of pyridine rings is 1. The van der Waals surface area contributed by atoms with Crippen molar-refractivity contribution in [3.63, 3.8) is 0 Å². The van der Waals surface area contributed by atoms with Crippen LogP contribution in [0, 0.1) is 11.3 Å². The number of nitriles is 1. The van der Waals surface area contributed by atoms with Crippen LogP contribution in [-0.4, -0.2) is 19.7 Å². The molecule has 0 atom stereocenters. The Kier molecular flexibility index (Phi) is 3.75. The summed E-state index contributed by atoms with van der Waals surface area (Å²) >= 11 is 5.81.